The van der Waals surface area contributed by atoms with Gasteiger partial charge in [0.25, 0.3) is 5.91 Å². The van der Waals surface area contributed by atoms with Gasteiger partial charge in [-0.2, -0.15) is 0 Å². The standard InChI is InChI=1S/C26H34N8O5S2/c1-16-5-6-19-13-21(16)39-12-4-9-34-14-20(30-32-34)7-10-33(22(36)15-40-26-31-29-18(3)41-26)11-8-27-25(38)23(17(2)35)28-24(19)37/h5-6,13-14,17,23,35H,4,7-12,15H2,1-3H3,(H,27,38)(H,28,37)/t17-,23+/m1/s1. The van der Waals surface area contributed by atoms with Crippen molar-refractivity contribution >= 4 is 40.8 Å². The highest BCUT2D eigenvalue weighted by atomic mass is 32.2. The molecule has 0 radical (unpaired) electrons. The van der Waals surface area contributed by atoms with Gasteiger partial charge >= 0.3 is 0 Å². The van der Waals surface area contributed by atoms with E-state index in [9.17, 15) is 19.5 Å². The maximum Gasteiger partial charge on any atom is 0.252 e. The molecule has 2 aromatic heterocycles. The molecular weight excluding hydrogens is 568 g/mol. The van der Waals surface area contributed by atoms with E-state index in [1.165, 1.54) is 30.0 Å². The van der Waals surface area contributed by atoms with E-state index >= 15 is 0 Å². The second-order valence-corrected chi connectivity index (χ2v) is 12.0. The average Bonchev–Trinajstić information content (AvgIpc) is 3.58. The Morgan fingerprint density at radius 3 is 2.80 bits per heavy atom. The predicted octanol–water partition coefficient (Wildman–Crippen LogP) is 0.988. The van der Waals surface area contributed by atoms with Crippen LogP contribution in [0.4, 0.5) is 0 Å². The van der Waals surface area contributed by atoms with Crippen molar-refractivity contribution in [3.63, 3.8) is 0 Å². The van der Waals surface area contributed by atoms with Gasteiger partial charge in [-0.1, -0.05) is 34.4 Å². The zero-order valence-corrected chi connectivity index (χ0v) is 24.8. The number of aliphatic hydroxyl groups excluding tert-OH is 1. The number of rotatable bonds is 4. The summed E-state index contributed by atoms with van der Waals surface area (Å²) in [6.07, 6.45) is 1.85. The highest BCUT2D eigenvalue weighted by Crippen LogP contribution is 2.22. The van der Waals surface area contributed by atoms with Gasteiger partial charge in [-0.15, -0.1) is 15.3 Å². The van der Waals surface area contributed by atoms with Gasteiger partial charge in [-0.05, 0) is 38.5 Å². The molecule has 1 aromatic carbocycles. The number of amides is 3. The van der Waals surface area contributed by atoms with Gasteiger partial charge in [0.05, 0.1) is 24.2 Å². The van der Waals surface area contributed by atoms with Gasteiger partial charge in [-0.3, -0.25) is 19.1 Å². The minimum atomic E-state index is -1.19. The molecule has 3 amide bonds. The Morgan fingerprint density at radius 2 is 2.05 bits per heavy atom. The van der Waals surface area contributed by atoms with Crippen LogP contribution in [0.3, 0.4) is 0 Å². The topological polar surface area (TPSA) is 164 Å². The molecular formula is C26H34N8O5S2. The molecule has 0 saturated carbocycles. The second-order valence-electron chi connectivity index (χ2n) is 9.64. The number of nitrogens with one attached hydrogen (secondary N) is 2. The minimum absolute atomic E-state index is 0.126. The first kappa shape index (κ1) is 30.4. The number of ether oxygens (including phenoxy) is 1. The summed E-state index contributed by atoms with van der Waals surface area (Å²) in [6, 6.07) is 3.85. The van der Waals surface area contributed by atoms with Crippen LogP contribution in [0, 0.1) is 13.8 Å². The van der Waals surface area contributed by atoms with Crippen LogP contribution >= 0.6 is 23.1 Å². The van der Waals surface area contributed by atoms with E-state index in [1.54, 1.807) is 27.8 Å². The monoisotopic (exact) mass is 602 g/mol. The zero-order chi connectivity index (χ0) is 29.4. The van der Waals surface area contributed by atoms with E-state index in [2.05, 4.69) is 31.1 Å². The summed E-state index contributed by atoms with van der Waals surface area (Å²) in [5.74, 6) is -0.463. The predicted molar refractivity (Wildman–Crippen MR) is 153 cm³/mol. The van der Waals surface area contributed by atoms with Gasteiger partial charge in [0.15, 0.2) is 4.34 Å². The lowest BCUT2D eigenvalue weighted by atomic mass is 10.1. The van der Waals surface area contributed by atoms with Crippen LogP contribution in [-0.2, 0) is 22.6 Å². The molecule has 0 fully saturated rings. The number of benzene rings is 1. The summed E-state index contributed by atoms with van der Waals surface area (Å²) in [7, 11) is 0. The van der Waals surface area contributed by atoms with Crippen molar-refractivity contribution in [1.82, 2.24) is 40.7 Å². The Labute approximate surface area is 246 Å². The van der Waals surface area contributed by atoms with Crippen LogP contribution in [0.2, 0.25) is 0 Å². The summed E-state index contributed by atoms with van der Waals surface area (Å²) < 4.78 is 8.37. The Kier molecular flexibility index (Phi) is 10.7. The Morgan fingerprint density at radius 1 is 1.22 bits per heavy atom. The lowest BCUT2D eigenvalue weighted by Gasteiger charge is -2.24. The normalized spacial score (nSPS) is 18.1. The highest BCUT2D eigenvalue weighted by Gasteiger charge is 2.27. The van der Waals surface area contributed by atoms with Crippen LogP contribution in [0.5, 0.6) is 5.75 Å². The molecule has 2 atom stereocenters. The summed E-state index contributed by atoms with van der Waals surface area (Å²) >= 11 is 2.73. The molecule has 0 aliphatic carbocycles. The van der Waals surface area contributed by atoms with Crippen molar-refractivity contribution in [1.29, 1.82) is 0 Å². The maximum absolute atomic E-state index is 13.1. The van der Waals surface area contributed by atoms with Crippen LogP contribution in [0.1, 0.15) is 40.0 Å². The summed E-state index contributed by atoms with van der Waals surface area (Å²) in [5.41, 5.74) is 1.92. The third kappa shape index (κ3) is 8.71. The molecule has 220 valence electrons. The van der Waals surface area contributed by atoms with Crippen LogP contribution in [0.25, 0.3) is 0 Å². The summed E-state index contributed by atoms with van der Waals surface area (Å²) in [6.45, 7) is 6.89. The van der Waals surface area contributed by atoms with Gasteiger partial charge in [0.1, 0.15) is 16.8 Å². The molecule has 4 rings (SSSR count). The van der Waals surface area contributed by atoms with Crippen molar-refractivity contribution in [2.24, 2.45) is 0 Å². The number of carbonyl (C=O) groups is 3. The summed E-state index contributed by atoms with van der Waals surface area (Å²) in [4.78, 5) is 40.7. The third-order valence-corrected chi connectivity index (χ3v) is 8.33. The number of aliphatic hydroxyl groups is 1. The molecule has 0 unspecified atom stereocenters. The summed E-state index contributed by atoms with van der Waals surface area (Å²) in [5, 5.41) is 32.9. The molecule has 3 heterocycles. The average molecular weight is 603 g/mol. The fourth-order valence-electron chi connectivity index (χ4n) is 4.08. The van der Waals surface area contributed by atoms with Crippen LogP contribution in [-0.4, -0.2) is 97.1 Å². The molecule has 1 aliphatic rings. The quantitative estimate of drug-likeness (QED) is 0.367. The first-order valence-corrected chi connectivity index (χ1v) is 15.1. The van der Waals surface area contributed by atoms with Gasteiger partial charge < -0.3 is 25.4 Å². The second kappa shape index (κ2) is 14.4. The number of aryl methyl sites for hydroxylation is 3. The Bertz CT molecular complexity index is 1360. The van der Waals surface area contributed by atoms with Crippen molar-refractivity contribution < 1.29 is 24.2 Å². The van der Waals surface area contributed by atoms with Gasteiger partial charge in [0, 0.05) is 50.8 Å². The SMILES string of the molecule is Cc1nnc(SCC(=O)N2CCNC(=O)[C@H]([C@@H](C)O)NC(=O)c3ccc(C)c(c3)OCCCn3cc(nn3)CC2)s1. The highest BCUT2D eigenvalue weighted by molar-refractivity contribution is 8.01. The van der Waals surface area contributed by atoms with Crippen LogP contribution in [0.15, 0.2) is 28.7 Å². The van der Waals surface area contributed by atoms with E-state index in [1.807, 2.05) is 20.0 Å². The largest absolute Gasteiger partial charge is 0.493 e. The van der Waals surface area contributed by atoms with E-state index in [-0.39, 0.29) is 24.7 Å². The van der Waals surface area contributed by atoms with Gasteiger partial charge in [0.2, 0.25) is 11.8 Å². The van der Waals surface area contributed by atoms with Crippen LogP contribution < -0.4 is 15.4 Å². The molecule has 13 nitrogen and oxygen atoms in total. The molecule has 4 bridgehead atoms. The Hall–Kier alpha value is -3.56. The lowest BCUT2D eigenvalue weighted by molar-refractivity contribution is -0.129. The van der Waals surface area contributed by atoms with E-state index in [0.717, 1.165) is 16.3 Å². The van der Waals surface area contributed by atoms with Gasteiger partial charge in [-0.25, -0.2) is 0 Å². The third-order valence-electron chi connectivity index (χ3n) is 6.38. The molecule has 3 N–H and O–H groups in total. The van der Waals surface area contributed by atoms with Crippen molar-refractivity contribution in [2.45, 2.75) is 56.6 Å². The fourth-order valence-corrected chi connectivity index (χ4v) is 5.80. The Balaban J connectivity index is 1.49. The molecule has 0 spiro atoms. The first-order valence-electron chi connectivity index (χ1n) is 13.3. The number of fused-ring (bicyclic) bond motifs is 4. The first-order chi connectivity index (χ1) is 19.7. The molecule has 3 aromatic rings. The minimum Gasteiger partial charge on any atom is -0.493 e. The number of hydrogen-bond donors (Lipinski definition) is 3. The smallest absolute Gasteiger partial charge is 0.252 e. The molecule has 15 heteroatoms. The van der Waals surface area contributed by atoms with E-state index in [0.29, 0.717) is 48.2 Å². The van der Waals surface area contributed by atoms with E-state index < -0.39 is 24.0 Å². The fraction of sp³-hybridized carbons (Fsp3) is 0.500. The molecule has 1 aliphatic heterocycles. The molecule has 41 heavy (non-hydrogen) atoms. The number of aromatic nitrogens is 5. The lowest BCUT2D eigenvalue weighted by Crippen LogP contribution is -2.53. The van der Waals surface area contributed by atoms with E-state index in [4.69, 9.17) is 4.74 Å². The number of nitrogens with zero attached hydrogens (tertiary/aromatic N) is 6. The van der Waals surface area contributed by atoms with Crippen molar-refractivity contribution in [3.05, 3.63) is 46.2 Å². The molecule has 0 saturated heterocycles. The number of thioether (sulfide) groups is 1. The van der Waals surface area contributed by atoms with Crippen molar-refractivity contribution in [3.8, 4) is 5.75 Å². The number of hydrogen-bond acceptors (Lipinski definition) is 11. The maximum atomic E-state index is 13.1. The zero-order valence-electron chi connectivity index (χ0n) is 23.2. The number of carbonyl (C=O) groups excluding carboxylic acids is 3. The van der Waals surface area contributed by atoms with Crippen molar-refractivity contribution in [2.75, 3.05) is 32.0 Å².